The Morgan fingerprint density at radius 1 is 0.721 bits per heavy atom. The molecular weight excluding hydrogens is 544 g/mol. The summed E-state index contributed by atoms with van der Waals surface area (Å²) in [5.41, 5.74) is 0.728. The molecule has 0 aliphatic heterocycles. The number of benzene rings is 5. The Morgan fingerprint density at radius 2 is 1.33 bits per heavy atom. The van der Waals surface area contributed by atoms with Gasteiger partial charge < -0.3 is 0 Å². The van der Waals surface area contributed by atoms with Crippen molar-refractivity contribution < 1.29 is 9.18 Å². The van der Waals surface area contributed by atoms with Gasteiger partial charge in [0.1, 0.15) is 13.9 Å². The minimum Gasteiger partial charge on any atom is -0.294 e. The van der Waals surface area contributed by atoms with E-state index in [0.29, 0.717) is 5.92 Å². The lowest BCUT2D eigenvalue weighted by Gasteiger charge is -2.54. The first-order valence-electron chi connectivity index (χ1n) is 15.6. The summed E-state index contributed by atoms with van der Waals surface area (Å²) < 4.78 is 15.2. The minimum absolute atomic E-state index is 0.0732. The molecule has 1 atom stereocenters. The lowest BCUT2D eigenvalue weighted by atomic mass is 9.55. The van der Waals surface area contributed by atoms with E-state index >= 15 is 9.18 Å². The maximum Gasteiger partial charge on any atom is 0.169 e. The van der Waals surface area contributed by atoms with Crippen LogP contribution in [0.3, 0.4) is 0 Å². The SMILES string of the molecule is CC(C)(C)[Si](C[C@]1(c2cccc(F)c2)CC2CC1(C(=O)c1ccc3ccccc3c1)C2)(c1ccccc1)c1ccccc1. The fourth-order valence-electron chi connectivity index (χ4n) is 9.08. The van der Waals surface area contributed by atoms with Gasteiger partial charge in [0.05, 0.1) is 0 Å². The maximum absolute atomic E-state index is 15.2. The quantitative estimate of drug-likeness (QED) is 0.138. The molecule has 3 aliphatic rings. The summed E-state index contributed by atoms with van der Waals surface area (Å²) in [7, 11) is -2.61. The Bertz CT molecular complexity index is 1760. The highest BCUT2D eigenvalue weighted by Gasteiger charge is 2.72. The zero-order valence-corrected chi connectivity index (χ0v) is 26.3. The van der Waals surface area contributed by atoms with Crippen LogP contribution in [0, 0.1) is 17.2 Å². The third-order valence-electron chi connectivity index (χ3n) is 11.0. The normalized spacial score (nSPS) is 23.2. The number of hydrogen-bond acceptors (Lipinski definition) is 1. The van der Waals surface area contributed by atoms with E-state index in [9.17, 15) is 0 Å². The molecule has 8 rings (SSSR count). The van der Waals surface area contributed by atoms with Gasteiger partial charge in [-0.05, 0) is 70.8 Å². The van der Waals surface area contributed by atoms with Crippen molar-refractivity contribution in [2.24, 2.45) is 11.3 Å². The summed E-state index contributed by atoms with van der Waals surface area (Å²) in [6, 6.07) is 44.6. The first-order chi connectivity index (χ1) is 20.7. The summed E-state index contributed by atoms with van der Waals surface area (Å²) in [6.07, 6.45) is 2.65. The molecule has 0 unspecified atom stereocenters. The number of carbonyl (C=O) groups excluding carboxylic acids is 1. The lowest BCUT2D eigenvalue weighted by Crippen LogP contribution is -2.68. The topological polar surface area (TPSA) is 17.1 Å². The minimum atomic E-state index is -2.61. The number of rotatable bonds is 7. The highest BCUT2D eigenvalue weighted by atomic mass is 28.3. The van der Waals surface area contributed by atoms with Crippen LogP contribution in [-0.4, -0.2) is 13.9 Å². The number of carbonyl (C=O) groups is 1. The average molecular weight is 583 g/mol. The van der Waals surface area contributed by atoms with Crippen molar-refractivity contribution in [2.75, 3.05) is 0 Å². The first kappa shape index (κ1) is 28.0. The molecular formula is C40H39FOSi. The molecule has 0 saturated heterocycles. The van der Waals surface area contributed by atoms with Crippen molar-refractivity contribution in [3.05, 3.63) is 144 Å². The lowest BCUT2D eigenvalue weighted by molar-refractivity contribution is 0.0501. The van der Waals surface area contributed by atoms with Crippen LogP contribution in [0.1, 0.15) is 56.0 Å². The molecule has 5 aromatic rings. The number of hydrogen-bond donors (Lipinski definition) is 0. The average Bonchev–Trinajstić information content (AvgIpc) is 3.51. The molecule has 1 nitrogen and oxygen atoms in total. The second-order valence-corrected chi connectivity index (χ2v) is 18.9. The van der Waals surface area contributed by atoms with Crippen molar-refractivity contribution in [3.63, 3.8) is 0 Å². The fourth-order valence-corrected chi connectivity index (χ4v) is 15.2. The van der Waals surface area contributed by atoms with E-state index < -0.39 is 18.9 Å². The van der Waals surface area contributed by atoms with Crippen molar-refractivity contribution in [3.8, 4) is 0 Å². The number of halogens is 1. The van der Waals surface area contributed by atoms with Gasteiger partial charge in [-0.1, -0.05) is 140 Å². The summed E-state index contributed by atoms with van der Waals surface area (Å²) >= 11 is 0. The van der Waals surface area contributed by atoms with Crippen LogP contribution >= 0.6 is 0 Å². The van der Waals surface area contributed by atoms with Crippen molar-refractivity contribution >= 4 is 35.0 Å². The predicted octanol–water partition coefficient (Wildman–Crippen LogP) is 8.96. The second-order valence-electron chi connectivity index (χ2n) is 14.1. The van der Waals surface area contributed by atoms with Gasteiger partial charge in [-0.2, -0.15) is 0 Å². The van der Waals surface area contributed by atoms with E-state index in [-0.39, 0.29) is 16.6 Å². The zero-order valence-electron chi connectivity index (χ0n) is 25.3. The van der Waals surface area contributed by atoms with Gasteiger partial charge in [-0.25, -0.2) is 4.39 Å². The molecule has 0 N–H and O–H groups in total. The largest absolute Gasteiger partial charge is 0.294 e. The van der Waals surface area contributed by atoms with Gasteiger partial charge in [0.25, 0.3) is 0 Å². The Labute approximate surface area is 255 Å². The van der Waals surface area contributed by atoms with Crippen LogP contribution < -0.4 is 10.4 Å². The van der Waals surface area contributed by atoms with Gasteiger partial charge in [-0.3, -0.25) is 4.79 Å². The van der Waals surface area contributed by atoms with Gasteiger partial charge in [-0.15, -0.1) is 0 Å². The van der Waals surface area contributed by atoms with E-state index in [2.05, 4.69) is 112 Å². The van der Waals surface area contributed by atoms with Crippen LogP contribution in [-0.2, 0) is 5.41 Å². The van der Waals surface area contributed by atoms with Crippen molar-refractivity contribution in [2.45, 2.75) is 56.5 Å². The summed E-state index contributed by atoms with van der Waals surface area (Å²) in [5.74, 6) is 0.469. The molecule has 0 heterocycles. The molecule has 216 valence electrons. The molecule has 0 aromatic heterocycles. The molecule has 0 amide bonds. The van der Waals surface area contributed by atoms with Gasteiger partial charge >= 0.3 is 0 Å². The van der Waals surface area contributed by atoms with E-state index in [1.165, 1.54) is 16.4 Å². The maximum atomic E-state index is 15.2. The Balaban J connectivity index is 1.48. The van der Waals surface area contributed by atoms with Gasteiger partial charge in [0.15, 0.2) is 5.78 Å². The molecule has 2 bridgehead atoms. The van der Waals surface area contributed by atoms with Crippen LogP contribution in [0.5, 0.6) is 0 Å². The van der Waals surface area contributed by atoms with E-state index in [1.807, 2.05) is 24.3 Å². The van der Waals surface area contributed by atoms with E-state index in [0.717, 1.165) is 47.2 Å². The molecule has 3 fully saturated rings. The predicted molar refractivity (Wildman–Crippen MR) is 179 cm³/mol. The molecule has 5 aromatic carbocycles. The third-order valence-corrected chi connectivity index (χ3v) is 17.4. The van der Waals surface area contributed by atoms with E-state index in [4.69, 9.17) is 0 Å². The highest BCUT2D eigenvalue weighted by molar-refractivity contribution is 7.04. The fraction of sp³-hybridized carbons (Fsp3) is 0.275. The third kappa shape index (κ3) is 4.19. The summed E-state index contributed by atoms with van der Waals surface area (Å²) in [4.78, 5) is 15.1. The highest BCUT2D eigenvalue weighted by Crippen LogP contribution is 2.73. The molecule has 3 aliphatic carbocycles. The Morgan fingerprint density at radius 3 is 1.93 bits per heavy atom. The Kier molecular flexibility index (Phi) is 6.59. The van der Waals surface area contributed by atoms with Crippen LogP contribution in [0.2, 0.25) is 11.1 Å². The monoisotopic (exact) mass is 582 g/mol. The molecule has 3 heteroatoms. The molecule has 0 spiro atoms. The second kappa shape index (κ2) is 10.1. The molecule has 0 radical (unpaired) electrons. The number of fused-ring (bicyclic) bond motifs is 2. The van der Waals surface area contributed by atoms with Gasteiger partial charge in [0.2, 0.25) is 0 Å². The first-order valence-corrected chi connectivity index (χ1v) is 17.8. The molecule has 43 heavy (non-hydrogen) atoms. The molecule has 3 saturated carbocycles. The zero-order chi connectivity index (χ0) is 29.9. The Hall–Kier alpha value is -3.82. The standard InChI is InChI=1S/C40H39FOSi/c1-38(2,3)43(35-17-6-4-7-18-35,36-19-8-5-9-20-36)28-40(33-15-12-16-34(41)24-33)27-29-25-39(40,26-29)37(42)32-22-21-30-13-10-11-14-31(30)23-32/h4-24,29H,25-28H2,1-3H3/t29?,39?,40-/m0/s1. The van der Waals surface area contributed by atoms with Crippen molar-refractivity contribution in [1.29, 1.82) is 0 Å². The van der Waals surface area contributed by atoms with Crippen LogP contribution in [0.15, 0.2) is 127 Å². The van der Waals surface area contributed by atoms with Gasteiger partial charge in [0, 0.05) is 16.4 Å². The van der Waals surface area contributed by atoms with Crippen molar-refractivity contribution in [1.82, 2.24) is 0 Å². The smallest absolute Gasteiger partial charge is 0.169 e. The van der Waals surface area contributed by atoms with Crippen LogP contribution in [0.25, 0.3) is 10.8 Å². The number of Topliss-reactive ketones (excluding diaryl/α,β-unsaturated/α-hetero) is 1. The van der Waals surface area contributed by atoms with E-state index in [1.54, 1.807) is 6.07 Å². The number of ketones is 1. The van der Waals surface area contributed by atoms with Crippen LogP contribution in [0.4, 0.5) is 4.39 Å². The summed E-state index contributed by atoms with van der Waals surface area (Å²) in [5, 5.41) is 4.90. The summed E-state index contributed by atoms with van der Waals surface area (Å²) in [6.45, 7) is 7.15.